The van der Waals surface area contributed by atoms with Gasteiger partial charge < -0.3 is 19.2 Å². The van der Waals surface area contributed by atoms with Crippen molar-refractivity contribution in [1.29, 1.82) is 0 Å². The number of likely N-dealkylation sites (tertiary alicyclic amines) is 1. The molecule has 1 fully saturated rings. The molecular formula is C18H23NO4S. The zero-order chi connectivity index (χ0) is 16.9. The second-order valence-corrected chi connectivity index (χ2v) is 7.00. The highest BCUT2D eigenvalue weighted by molar-refractivity contribution is 7.12. The molecule has 0 radical (unpaired) electrons. The Morgan fingerprint density at radius 2 is 2.33 bits per heavy atom. The highest BCUT2D eigenvalue weighted by Crippen LogP contribution is 2.31. The van der Waals surface area contributed by atoms with Crippen LogP contribution in [0, 0.1) is 0 Å². The Morgan fingerprint density at radius 1 is 1.46 bits per heavy atom. The summed E-state index contributed by atoms with van der Waals surface area (Å²) in [6.45, 7) is 0.718. The van der Waals surface area contributed by atoms with Crippen LogP contribution in [0.15, 0.2) is 34.3 Å². The van der Waals surface area contributed by atoms with Gasteiger partial charge >= 0.3 is 0 Å². The first-order valence-corrected chi connectivity index (χ1v) is 9.22. The van der Waals surface area contributed by atoms with Crippen LogP contribution in [0.2, 0.25) is 0 Å². The Labute approximate surface area is 145 Å². The number of hydrogen-bond donors (Lipinski definition) is 1. The standard InChI is InChI=1S/C18H23NO4S/c1-22-16-8-11-24-17(16)18(21)19-9-4-2-3-6-13(19)12-14(20)15-7-5-10-23-15/h5,7-8,10-11,13-14,20H,2-4,6,9,12H2,1H3/t13-,14+/m0/s1. The second-order valence-electron chi connectivity index (χ2n) is 6.09. The molecule has 3 heterocycles. The number of methoxy groups -OCH3 is 1. The fourth-order valence-corrected chi connectivity index (χ4v) is 4.10. The zero-order valence-electron chi connectivity index (χ0n) is 13.8. The van der Waals surface area contributed by atoms with Crippen LogP contribution >= 0.6 is 11.3 Å². The molecular weight excluding hydrogens is 326 g/mol. The van der Waals surface area contributed by atoms with E-state index in [0.717, 1.165) is 32.2 Å². The minimum Gasteiger partial charge on any atom is -0.495 e. The summed E-state index contributed by atoms with van der Waals surface area (Å²) < 4.78 is 10.6. The lowest BCUT2D eigenvalue weighted by molar-refractivity contribution is 0.0559. The molecule has 1 aliphatic rings. The Bertz CT molecular complexity index is 652. The van der Waals surface area contributed by atoms with Crippen LogP contribution in [-0.4, -0.2) is 35.6 Å². The van der Waals surface area contributed by atoms with Gasteiger partial charge in [-0.15, -0.1) is 11.3 Å². The zero-order valence-corrected chi connectivity index (χ0v) is 14.6. The molecule has 6 heteroatoms. The van der Waals surface area contributed by atoms with Gasteiger partial charge in [0.25, 0.3) is 5.91 Å². The predicted molar refractivity (Wildman–Crippen MR) is 92.4 cm³/mol. The lowest BCUT2D eigenvalue weighted by Gasteiger charge is -2.31. The molecule has 1 aliphatic heterocycles. The third-order valence-electron chi connectivity index (χ3n) is 4.55. The van der Waals surface area contributed by atoms with E-state index in [0.29, 0.717) is 22.8 Å². The molecule has 5 nitrogen and oxygen atoms in total. The van der Waals surface area contributed by atoms with Crippen LogP contribution in [0.1, 0.15) is 53.6 Å². The number of thiophene rings is 1. The van der Waals surface area contributed by atoms with Crippen molar-refractivity contribution in [2.24, 2.45) is 0 Å². The highest BCUT2D eigenvalue weighted by Gasteiger charge is 2.31. The van der Waals surface area contributed by atoms with Gasteiger partial charge in [0, 0.05) is 19.0 Å². The lowest BCUT2D eigenvalue weighted by Crippen LogP contribution is -2.40. The summed E-state index contributed by atoms with van der Waals surface area (Å²) in [5.41, 5.74) is 0. The van der Waals surface area contributed by atoms with Crippen molar-refractivity contribution in [1.82, 2.24) is 4.90 Å². The summed E-state index contributed by atoms with van der Waals surface area (Å²) in [5.74, 6) is 1.18. The van der Waals surface area contributed by atoms with Gasteiger partial charge in [0.15, 0.2) is 0 Å². The minimum atomic E-state index is -0.691. The number of furan rings is 1. The monoisotopic (exact) mass is 349 g/mol. The first kappa shape index (κ1) is 17.0. The van der Waals surface area contributed by atoms with Gasteiger partial charge in [0.2, 0.25) is 0 Å². The summed E-state index contributed by atoms with van der Waals surface area (Å²) in [6.07, 6.45) is 5.44. The summed E-state index contributed by atoms with van der Waals surface area (Å²) >= 11 is 1.40. The molecule has 0 unspecified atom stereocenters. The van der Waals surface area contributed by atoms with Gasteiger partial charge in [-0.2, -0.15) is 0 Å². The van der Waals surface area contributed by atoms with Crippen molar-refractivity contribution < 1.29 is 19.1 Å². The Kier molecular flexibility index (Phi) is 5.58. The van der Waals surface area contributed by atoms with Crippen LogP contribution in [0.25, 0.3) is 0 Å². The molecule has 3 rings (SSSR count). The molecule has 24 heavy (non-hydrogen) atoms. The van der Waals surface area contributed by atoms with Crippen molar-refractivity contribution in [3.05, 3.63) is 40.5 Å². The van der Waals surface area contributed by atoms with Crippen LogP contribution in [0.5, 0.6) is 5.75 Å². The van der Waals surface area contributed by atoms with Gasteiger partial charge in [-0.05, 0) is 36.4 Å². The number of hydrogen-bond acceptors (Lipinski definition) is 5. The quantitative estimate of drug-likeness (QED) is 0.890. The number of aliphatic hydroxyl groups is 1. The third-order valence-corrected chi connectivity index (χ3v) is 5.43. The van der Waals surface area contributed by atoms with Crippen LogP contribution in [0.3, 0.4) is 0 Å². The largest absolute Gasteiger partial charge is 0.495 e. The number of nitrogens with zero attached hydrogens (tertiary/aromatic N) is 1. The van der Waals surface area contributed by atoms with E-state index in [-0.39, 0.29) is 11.9 Å². The molecule has 0 bridgehead atoms. The number of aliphatic hydroxyl groups excluding tert-OH is 1. The summed E-state index contributed by atoms with van der Waals surface area (Å²) in [7, 11) is 1.58. The van der Waals surface area contributed by atoms with E-state index in [1.54, 1.807) is 25.5 Å². The average Bonchev–Trinajstić information content (AvgIpc) is 3.23. The fraction of sp³-hybridized carbons (Fsp3) is 0.500. The molecule has 0 saturated carbocycles. The highest BCUT2D eigenvalue weighted by atomic mass is 32.1. The number of ether oxygens (including phenoxy) is 1. The van der Waals surface area contributed by atoms with E-state index in [1.165, 1.54) is 11.3 Å². The molecule has 1 amide bonds. The molecule has 0 spiro atoms. The van der Waals surface area contributed by atoms with Gasteiger partial charge in [-0.3, -0.25) is 4.79 Å². The number of carbonyl (C=O) groups excluding carboxylic acids is 1. The number of amides is 1. The normalized spacial score (nSPS) is 19.8. The maximum Gasteiger partial charge on any atom is 0.267 e. The lowest BCUT2D eigenvalue weighted by atomic mass is 10.0. The van der Waals surface area contributed by atoms with Gasteiger partial charge in [-0.25, -0.2) is 0 Å². The summed E-state index contributed by atoms with van der Waals surface area (Å²) in [5, 5.41) is 12.3. The minimum absolute atomic E-state index is 0.000366. The Hall–Kier alpha value is -1.79. The number of carbonyl (C=O) groups is 1. The van der Waals surface area contributed by atoms with Crippen molar-refractivity contribution in [3.8, 4) is 5.75 Å². The summed E-state index contributed by atoms with van der Waals surface area (Å²) in [4.78, 5) is 15.6. The van der Waals surface area contributed by atoms with Crippen molar-refractivity contribution in [2.75, 3.05) is 13.7 Å². The molecule has 0 aliphatic carbocycles. The maximum atomic E-state index is 13.0. The van der Waals surface area contributed by atoms with Crippen molar-refractivity contribution in [2.45, 2.75) is 44.2 Å². The topological polar surface area (TPSA) is 62.9 Å². The molecule has 1 N–H and O–H groups in total. The molecule has 130 valence electrons. The SMILES string of the molecule is COc1ccsc1C(=O)N1CCCCC[C@H]1C[C@@H](O)c1ccco1. The van der Waals surface area contributed by atoms with Crippen LogP contribution in [-0.2, 0) is 0 Å². The van der Waals surface area contributed by atoms with E-state index in [9.17, 15) is 9.90 Å². The predicted octanol–water partition coefficient (Wildman–Crippen LogP) is 3.86. The third kappa shape index (κ3) is 3.65. The average molecular weight is 349 g/mol. The molecule has 1 saturated heterocycles. The molecule has 0 aromatic carbocycles. The van der Waals surface area contributed by atoms with Crippen LogP contribution < -0.4 is 4.74 Å². The molecule has 2 aromatic heterocycles. The summed E-state index contributed by atoms with van der Waals surface area (Å²) in [6, 6.07) is 5.37. The van der Waals surface area contributed by atoms with Gasteiger partial charge in [-0.1, -0.05) is 12.8 Å². The number of rotatable bonds is 5. The van der Waals surface area contributed by atoms with Crippen LogP contribution in [0.4, 0.5) is 0 Å². The van der Waals surface area contributed by atoms with E-state index in [2.05, 4.69) is 0 Å². The van der Waals surface area contributed by atoms with Gasteiger partial charge in [0.1, 0.15) is 22.5 Å². The first-order valence-electron chi connectivity index (χ1n) is 8.34. The first-order chi connectivity index (χ1) is 11.7. The second kappa shape index (κ2) is 7.85. The maximum absolute atomic E-state index is 13.0. The van der Waals surface area contributed by atoms with E-state index < -0.39 is 6.10 Å². The Balaban J connectivity index is 1.78. The van der Waals surface area contributed by atoms with Crippen molar-refractivity contribution in [3.63, 3.8) is 0 Å². The van der Waals surface area contributed by atoms with E-state index in [4.69, 9.17) is 9.15 Å². The van der Waals surface area contributed by atoms with E-state index >= 15 is 0 Å². The fourth-order valence-electron chi connectivity index (χ4n) is 3.29. The molecule has 2 atom stereocenters. The Morgan fingerprint density at radius 3 is 3.08 bits per heavy atom. The molecule has 2 aromatic rings. The van der Waals surface area contributed by atoms with Gasteiger partial charge in [0.05, 0.1) is 13.4 Å². The van der Waals surface area contributed by atoms with E-state index in [1.807, 2.05) is 16.3 Å². The smallest absolute Gasteiger partial charge is 0.267 e. The van der Waals surface area contributed by atoms with Crippen molar-refractivity contribution >= 4 is 17.2 Å².